The van der Waals surface area contributed by atoms with Crippen molar-refractivity contribution in [3.05, 3.63) is 222 Å². The fourth-order valence-electron chi connectivity index (χ4n) is 10.2. The van der Waals surface area contributed by atoms with E-state index in [0.29, 0.717) is 5.56 Å². The summed E-state index contributed by atoms with van der Waals surface area (Å²) in [5.74, 6) is 0.268. The molecule has 2 heteroatoms. The molecule has 1 aromatic heterocycles. The van der Waals surface area contributed by atoms with Gasteiger partial charge < -0.3 is 4.57 Å². The van der Waals surface area contributed by atoms with Gasteiger partial charge in [0.2, 0.25) is 0 Å². The Labute approximate surface area is 348 Å². The highest BCUT2D eigenvalue weighted by atomic mass is 15.0. The van der Waals surface area contributed by atoms with E-state index in [4.69, 9.17) is 0 Å². The van der Waals surface area contributed by atoms with E-state index in [2.05, 4.69) is 199 Å². The zero-order valence-electron chi connectivity index (χ0n) is 32.9. The number of benzene rings is 10. The zero-order valence-corrected chi connectivity index (χ0v) is 32.9. The Morgan fingerprint density at radius 3 is 1.82 bits per heavy atom. The second-order valence-electron chi connectivity index (χ2n) is 16.3. The van der Waals surface area contributed by atoms with Crippen molar-refractivity contribution in [3.63, 3.8) is 0 Å². The summed E-state index contributed by atoms with van der Waals surface area (Å²) in [6.45, 7) is 0. The standard InChI is InChI=1S/C58H38N2/c59-36-37-20-22-38(23-21-37)40-10-9-11-43(32-40)45-29-26-39-24-25-41(33-54(39)50-16-5-1-12-46(45)50)42-27-31-58-56(34-42)53-18-7-8-19-57(53)60(58)44-28-30-52-49-15-3-2-13-47(49)48-14-4-6-17-51(48)55(52)35-44/h1-25,27-28,30-35,45H,26,29H2. The lowest BCUT2D eigenvalue weighted by Crippen LogP contribution is -2.02. The SMILES string of the molecule is N#Cc1ccc(-c2cccc(C3CCc4ccc(-c5ccc6c(c5)c5ccccc5n6-c5ccc6c7ccccc7c7ccccc7c6c5)cc4-c4ccccc43)c2)cc1. The molecular weight excluding hydrogens is 725 g/mol. The molecule has 0 bridgehead atoms. The molecule has 0 amide bonds. The van der Waals surface area contributed by atoms with Crippen molar-refractivity contribution in [1.29, 1.82) is 5.26 Å². The van der Waals surface area contributed by atoms with E-state index in [0.717, 1.165) is 18.4 Å². The van der Waals surface area contributed by atoms with E-state index in [1.807, 2.05) is 12.1 Å². The third kappa shape index (κ3) is 5.40. The average molecular weight is 763 g/mol. The Morgan fingerprint density at radius 1 is 0.417 bits per heavy atom. The van der Waals surface area contributed by atoms with Crippen molar-refractivity contribution < 1.29 is 0 Å². The minimum Gasteiger partial charge on any atom is -0.309 e. The van der Waals surface area contributed by atoms with Gasteiger partial charge in [-0.3, -0.25) is 0 Å². The second kappa shape index (κ2) is 13.7. The highest BCUT2D eigenvalue weighted by Gasteiger charge is 2.25. The van der Waals surface area contributed by atoms with Crippen LogP contribution in [0.4, 0.5) is 0 Å². The van der Waals surface area contributed by atoms with Crippen LogP contribution in [0.15, 0.2) is 200 Å². The van der Waals surface area contributed by atoms with Crippen molar-refractivity contribution in [2.24, 2.45) is 0 Å². The van der Waals surface area contributed by atoms with Gasteiger partial charge in [-0.15, -0.1) is 0 Å². The number of para-hydroxylation sites is 1. The Hall–Kier alpha value is -7.73. The molecular formula is C58H38N2. The average Bonchev–Trinajstić information content (AvgIpc) is 3.55. The normalized spacial score (nSPS) is 13.7. The molecule has 11 aromatic rings. The van der Waals surface area contributed by atoms with Gasteiger partial charge in [0.15, 0.2) is 0 Å². The van der Waals surface area contributed by atoms with Crippen molar-refractivity contribution in [2.75, 3.05) is 0 Å². The molecule has 12 rings (SSSR count). The Balaban J connectivity index is 0.960. The number of aryl methyl sites for hydroxylation is 1. The highest BCUT2D eigenvalue weighted by Crippen LogP contribution is 2.44. The Kier molecular flexibility index (Phi) is 7.83. The van der Waals surface area contributed by atoms with Crippen LogP contribution in [-0.2, 0) is 6.42 Å². The number of aromatic nitrogens is 1. The van der Waals surface area contributed by atoms with E-state index in [1.165, 1.54) is 104 Å². The summed E-state index contributed by atoms with van der Waals surface area (Å²) >= 11 is 0. The third-order valence-corrected chi connectivity index (χ3v) is 13.1. The first-order valence-electron chi connectivity index (χ1n) is 20.9. The molecule has 1 atom stereocenters. The lowest BCUT2D eigenvalue weighted by molar-refractivity contribution is 0.726. The zero-order chi connectivity index (χ0) is 39.7. The van der Waals surface area contributed by atoms with Gasteiger partial charge in [0.1, 0.15) is 0 Å². The Morgan fingerprint density at radius 2 is 1.03 bits per heavy atom. The lowest BCUT2D eigenvalue weighted by atomic mass is 9.84. The molecule has 10 aromatic carbocycles. The Bertz CT molecular complexity index is 3530. The van der Waals surface area contributed by atoms with Crippen LogP contribution in [-0.4, -0.2) is 4.57 Å². The molecule has 1 aliphatic carbocycles. The monoisotopic (exact) mass is 762 g/mol. The summed E-state index contributed by atoms with van der Waals surface area (Å²) in [6.07, 6.45) is 2.03. The number of nitrogens with zero attached hydrogens (tertiary/aromatic N) is 2. The van der Waals surface area contributed by atoms with Gasteiger partial charge in [-0.2, -0.15) is 5.26 Å². The fourth-order valence-corrected chi connectivity index (χ4v) is 10.2. The summed E-state index contributed by atoms with van der Waals surface area (Å²) in [4.78, 5) is 0. The fraction of sp³-hybridized carbons (Fsp3) is 0.0517. The van der Waals surface area contributed by atoms with Crippen molar-refractivity contribution in [2.45, 2.75) is 18.8 Å². The quantitative estimate of drug-likeness (QED) is 0.164. The van der Waals surface area contributed by atoms with Crippen LogP contribution in [0.25, 0.3) is 93.2 Å². The van der Waals surface area contributed by atoms with Crippen LogP contribution in [0.2, 0.25) is 0 Å². The molecule has 2 nitrogen and oxygen atoms in total. The van der Waals surface area contributed by atoms with Crippen LogP contribution < -0.4 is 0 Å². The van der Waals surface area contributed by atoms with Gasteiger partial charge in [-0.05, 0) is 144 Å². The first-order valence-corrected chi connectivity index (χ1v) is 20.9. The molecule has 1 aliphatic rings. The predicted octanol–water partition coefficient (Wildman–Crippen LogP) is 15.2. The number of nitriles is 1. The molecule has 0 spiro atoms. The van der Waals surface area contributed by atoms with Crippen LogP contribution >= 0.6 is 0 Å². The molecule has 0 aliphatic heterocycles. The smallest absolute Gasteiger partial charge is 0.0991 e. The van der Waals surface area contributed by atoms with Gasteiger partial charge in [-0.1, -0.05) is 152 Å². The van der Waals surface area contributed by atoms with Gasteiger partial charge in [-0.25, -0.2) is 0 Å². The number of hydrogen-bond donors (Lipinski definition) is 0. The summed E-state index contributed by atoms with van der Waals surface area (Å²) in [6, 6.07) is 75.8. The minimum atomic E-state index is 0.268. The molecule has 0 radical (unpaired) electrons. The summed E-state index contributed by atoms with van der Waals surface area (Å²) in [7, 11) is 0. The first-order chi connectivity index (χ1) is 29.7. The first kappa shape index (κ1) is 34.3. The topological polar surface area (TPSA) is 28.7 Å². The molecule has 1 unspecified atom stereocenters. The van der Waals surface area contributed by atoms with Crippen LogP contribution in [0.5, 0.6) is 0 Å². The predicted molar refractivity (Wildman–Crippen MR) is 251 cm³/mol. The van der Waals surface area contributed by atoms with E-state index in [-0.39, 0.29) is 5.92 Å². The van der Waals surface area contributed by atoms with Gasteiger partial charge in [0, 0.05) is 22.4 Å². The molecule has 1 heterocycles. The molecule has 0 saturated carbocycles. The van der Waals surface area contributed by atoms with Crippen LogP contribution in [0.1, 0.15) is 34.6 Å². The van der Waals surface area contributed by atoms with Gasteiger partial charge in [0.05, 0.1) is 22.7 Å². The molecule has 0 fully saturated rings. The number of fused-ring (bicyclic) bond motifs is 12. The van der Waals surface area contributed by atoms with E-state index >= 15 is 0 Å². The number of rotatable bonds is 4. The van der Waals surface area contributed by atoms with E-state index in [9.17, 15) is 5.26 Å². The third-order valence-electron chi connectivity index (χ3n) is 13.1. The van der Waals surface area contributed by atoms with Crippen molar-refractivity contribution >= 4 is 54.1 Å². The van der Waals surface area contributed by atoms with E-state index in [1.54, 1.807) is 0 Å². The summed E-state index contributed by atoms with van der Waals surface area (Å²) in [5, 5.41) is 19.6. The van der Waals surface area contributed by atoms with Crippen LogP contribution in [0.3, 0.4) is 0 Å². The maximum atomic E-state index is 9.33. The molecule has 0 N–H and O–H groups in total. The maximum Gasteiger partial charge on any atom is 0.0991 e. The molecule has 0 saturated heterocycles. The van der Waals surface area contributed by atoms with Crippen LogP contribution in [0, 0.1) is 11.3 Å². The van der Waals surface area contributed by atoms with Gasteiger partial charge in [0.25, 0.3) is 0 Å². The second-order valence-corrected chi connectivity index (χ2v) is 16.3. The number of hydrogen-bond acceptors (Lipinski definition) is 1. The van der Waals surface area contributed by atoms with Gasteiger partial charge >= 0.3 is 0 Å². The van der Waals surface area contributed by atoms with Crippen molar-refractivity contribution in [3.8, 4) is 45.1 Å². The largest absolute Gasteiger partial charge is 0.309 e. The summed E-state index contributed by atoms with van der Waals surface area (Å²) in [5.41, 5.74) is 15.8. The minimum absolute atomic E-state index is 0.268. The molecule has 280 valence electrons. The maximum absolute atomic E-state index is 9.33. The van der Waals surface area contributed by atoms with E-state index < -0.39 is 0 Å². The molecule has 60 heavy (non-hydrogen) atoms. The lowest BCUT2D eigenvalue weighted by Gasteiger charge is -2.19. The summed E-state index contributed by atoms with van der Waals surface area (Å²) < 4.78 is 2.45. The van der Waals surface area contributed by atoms with Crippen molar-refractivity contribution in [1.82, 2.24) is 4.57 Å². The highest BCUT2D eigenvalue weighted by molar-refractivity contribution is 6.25.